The average molecular weight is 383 g/mol. The molecule has 0 atom stereocenters. The zero-order valence-corrected chi connectivity index (χ0v) is 15.2. The zero-order valence-electron chi connectivity index (χ0n) is 15.2. The van der Waals surface area contributed by atoms with Crippen molar-refractivity contribution in [2.45, 2.75) is 13.1 Å². The third-order valence-corrected chi connectivity index (χ3v) is 4.56. The van der Waals surface area contributed by atoms with Gasteiger partial charge >= 0.3 is 6.18 Å². The third kappa shape index (κ3) is 3.09. The fourth-order valence-electron chi connectivity index (χ4n) is 3.22. The largest absolute Gasteiger partial charge is 0.497 e. The number of ether oxygens (including phenoxy) is 1. The molecule has 0 aliphatic rings. The molecule has 0 aliphatic carbocycles. The van der Waals surface area contributed by atoms with Gasteiger partial charge in [0.2, 0.25) is 0 Å². The summed E-state index contributed by atoms with van der Waals surface area (Å²) in [5, 5.41) is 4.58. The van der Waals surface area contributed by atoms with Crippen molar-refractivity contribution in [3.63, 3.8) is 0 Å². The minimum atomic E-state index is -4.37. The van der Waals surface area contributed by atoms with Gasteiger partial charge < -0.3 is 4.74 Å². The molecule has 0 aliphatic heterocycles. The van der Waals surface area contributed by atoms with Gasteiger partial charge in [-0.3, -0.25) is 0 Å². The van der Waals surface area contributed by atoms with Crippen LogP contribution in [-0.2, 0) is 6.18 Å². The molecule has 4 nitrogen and oxygen atoms in total. The quantitative estimate of drug-likeness (QED) is 0.476. The molecular formula is C21H16F3N3O. The molecular weight excluding hydrogens is 367 g/mol. The summed E-state index contributed by atoms with van der Waals surface area (Å²) in [6.45, 7) is 1.82. The average Bonchev–Trinajstić information content (AvgIpc) is 3.03. The van der Waals surface area contributed by atoms with Crippen LogP contribution in [0.5, 0.6) is 5.75 Å². The van der Waals surface area contributed by atoms with Crippen LogP contribution in [-0.4, -0.2) is 21.7 Å². The number of fused-ring (bicyclic) bond motifs is 1. The Morgan fingerprint density at radius 1 is 0.964 bits per heavy atom. The summed E-state index contributed by atoms with van der Waals surface area (Å²) in [5.74, 6) is 0.717. The van der Waals surface area contributed by atoms with Crippen LogP contribution in [0.25, 0.3) is 28.0 Å². The normalized spacial score (nSPS) is 11.8. The first kappa shape index (κ1) is 18.0. The summed E-state index contributed by atoms with van der Waals surface area (Å²) in [4.78, 5) is 4.43. The van der Waals surface area contributed by atoms with Gasteiger partial charge in [0.25, 0.3) is 0 Å². The molecule has 4 rings (SSSR count). The number of alkyl halides is 3. The standard InChI is InChI=1S/C21H16F3N3O/c1-13-19(14-6-8-16(9-7-14)21(22,23)24)20-25-11-10-18(27(20)26-13)15-4-3-5-17(12-15)28-2/h3-12H,1-2H3. The van der Waals surface area contributed by atoms with Crippen molar-refractivity contribution in [1.82, 2.24) is 14.6 Å². The predicted molar refractivity (Wildman–Crippen MR) is 100 cm³/mol. The summed E-state index contributed by atoms with van der Waals surface area (Å²) in [6.07, 6.45) is -2.70. The van der Waals surface area contributed by atoms with Gasteiger partial charge in [0.1, 0.15) is 5.75 Å². The molecule has 0 fully saturated rings. The fraction of sp³-hybridized carbons (Fsp3) is 0.143. The SMILES string of the molecule is COc1cccc(-c2ccnc3c(-c4ccc(C(F)(F)F)cc4)c(C)nn23)c1. The number of benzene rings is 2. The van der Waals surface area contributed by atoms with E-state index in [0.717, 1.165) is 23.4 Å². The molecule has 2 aromatic heterocycles. The van der Waals surface area contributed by atoms with E-state index in [2.05, 4.69) is 10.1 Å². The molecule has 0 bridgehead atoms. The summed E-state index contributed by atoms with van der Waals surface area (Å²) in [5.41, 5.74) is 3.63. The van der Waals surface area contributed by atoms with Crippen LogP contribution in [0.1, 0.15) is 11.3 Å². The molecule has 2 aromatic carbocycles. The van der Waals surface area contributed by atoms with E-state index in [0.29, 0.717) is 28.2 Å². The monoisotopic (exact) mass is 383 g/mol. The van der Waals surface area contributed by atoms with E-state index in [1.807, 2.05) is 37.3 Å². The second-order valence-electron chi connectivity index (χ2n) is 6.33. The Labute approximate surface area is 159 Å². The Hall–Kier alpha value is -3.35. The first-order chi connectivity index (χ1) is 13.4. The van der Waals surface area contributed by atoms with Crippen molar-refractivity contribution < 1.29 is 17.9 Å². The van der Waals surface area contributed by atoms with Gasteiger partial charge in [0.15, 0.2) is 5.65 Å². The van der Waals surface area contributed by atoms with Crippen molar-refractivity contribution in [3.05, 3.63) is 72.1 Å². The number of nitrogens with zero attached hydrogens (tertiary/aromatic N) is 3. The molecule has 0 saturated carbocycles. The van der Waals surface area contributed by atoms with Gasteiger partial charge in [0, 0.05) is 17.3 Å². The lowest BCUT2D eigenvalue weighted by Gasteiger charge is -2.08. The minimum absolute atomic E-state index is 0.581. The summed E-state index contributed by atoms with van der Waals surface area (Å²) in [7, 11) is 1.60. The van der Waals surface area contributed by atoms with Crippen LogP contribution in [0, 0.1) is 6.92 Å². The van der Waals surface area contributed by atoms with E-state index in [9.17, 15) is 13.2 Å². The molecule has 0 spiro atoms. The van der Waals surface area contributed by atoms with Crippen molar-refractivity contribution in [2.24, 2.45) is 0 Å². The lowest BCUT2D eigenvalue weighted by molar-refractivity contribution is -0.137. The molecule has 0 radical (unpaired) electrons. The zero-order chi connectivity index (χ0) is 19.9. The summed E-state index contributed by atoms with van der Waals surface area (Å²) >= 11 is 0. The Kier molecular flexibility index (Phi) is 4.30. The van der Waals surface area contributed by atoms with E-state index in [1.165, 1.54) is 12.1 Å². The van der Waals surface area contributed by atoms with Crippen molar-refractivity contribution in [2.75, 3.05) is 7.11 Å². The molecule has 0 unspecified atom stereocenters. The van der Waals surface area contributed by atoms with E-state index in [4.69, 9.17) is 4.74 Å². The van der Waals surface area contributed by atoms with Crippen molar-refractivity contribution in [1.29, 1.82) is 0 Å². The van der Waals surface area contributed by atoms with Gasteiger partial charge in [0.05, 0.1) is 24.1 Å². The molecule has 0 saturated heterocycles. The van der Waals surface area contributed by atoms with Crippen LogP contribution >= 0.6 is 0 Å². The van der Waals surface area contributed by atoms with Gasteiger partial charge in [-0.2, -0.15) is 18.3 Å². The number of methoxy groups -OCH3 is 1. The highest BCUT2D eigenvalue weighted by molar-refractivity contribution is 5.81. The number of halogens is 3. The second kappa shape index (κ2) is 6.67. The first-order valence-corrected chi connectivity index (χ1v) is 8.55. The smallest absolute Gasteiger partial charge is 0.416 e. The molecule has 0 N–H and O–H groups in total. The first-order valence-electron chi connectivity index (χ1n) is 8.55. The van der Waals surface area contributed by atoms with E-state index < -0.39 is 11.7 Å². The fourth-order valence-corrected chi connectivity index (χ4v) is 3.22. The van der Waals surface area contributed by atoms with Gasteiger partial charge in [-0.05, 0) is 42.8 Å². The van der Waals surface area contributed by atoms with Crippen molar-refractivity contribution >= 4 is 5.65 Å². The second-order valence-corrected chi connectivity index (χ2v) is 6.33. The van der Waals surface area contributed by atoms with Crippen LogP contribution in [0.4, 0.5) is 13.2 Å². The summed E-state index contributed by atoms with van der Waals surface area (Å²) in [6, 6.07) is 14.5. The lowest BCUT2D eigenvalue weighted by atomic mass is 10.0. The maximum Gasteiger partial charge on any atom is 0.416 e. The predicted octanol–water partition coefficient (Wildman–Crippen LogP) is 5.40. The highest BCUT2D eigenvalue weighted by Gasteiger charge is 2.30. The van der Waals surface area contributed by atoms with Crippen LogP contribution < -0.4 is 4.74 Å². The van der Waals surface area contributed by atoms with Crippen molar-refractivity contribution in [3.8, 4) is 28.1 Å². The van der Waals surface area contributed by atoms with E-state index in [-0.39, 0.29) is 0 Å². The number of hydrogen-bond acceptors (Lipinski definition) is 3. The summed E-state index contributed by atoms with van der Waals surface area (Å²) < 4.78 is 45.6. The molecule has 28 heavy (non-hydrogen) atoms. The van der Waals surface area contributed by atoms with Crippen LogP contribution in [0.15, 0.2) is 60.8 Å². The van der Waals surface area contributed by atoms with Gasteiger partial charge in [-0.15, -0.1) is 0 Å². The highest BCUT2D eigenvalue weighted by atomic mass is 19.4. The number of aromatic nitrogens is 3. The number of rotatable bonds is 3. The molecule has 0 amide bonds. The molecule has 142 valence electrons. The highest BCUT2D eigenvalue weighted by Crippen LogP contribution is 2.34. The minimum Gasteiger partial charge on any atom is -0.497 e. The Morgan fingerprint density at radius 3 is 2.39 bits per heavy atom. The lowest BCUT2D eigenvalue weighted by Crippen LogP contribution is -2.04. The maximum absolute atomic E-state index is 12.9. The van der Waals surface area contributed by atoms with Gasteiger partial charge in [-0.25, -0.2) is 9.50 Å². The van der Waals surface area contributed by atoms with Crippen LogP contribution in [0.3, 0.4) is 0 Å². The topological polar surface area (TPSA) is 39.4 Å². The molecule has 4 aromatic rings. The van der Waals surface area contributed by atoms with Gasteiger partial charge in [-0.1, -0.05) is 24.3 Å². The van der Waals surface area contributed by atoms with Crippen LogP contribution in [0.2, 0.25) is 0 Å². The van der Waals surface area contributed by atoms with E-state index >= 15 is 0 Å². The molecule has 2 heterocycles. The maximum atomic E-state index is 12.9. The number of aryl methyl sites for hydroxylation is 1. The Morgan fingerprint density at radius 2 is 1.71 bits per heavy atom. The molecule has 7 heteroatoms. The third-order valence-electron chi connectivity index (χ3n) is 4.56. The Bertz CT molecular complexity index is 1150. The Balaban J connectivity index is 1.87. The number of hydrogen-bond donors (Lipinski definition) is 0. The van der Waals surface area contributed by atoms with E-state index in [1.54, 1.807) is 17.8 Å².